The summed E-state index contributed by atoms with van der Waals surface area (Å²) in [6, 6.07) is 0.220. The molecule has 0 aliphatic carbocycles. The Kier molecular flexibility index (Phi) is 5.25. The molecule has 0 aromatic rings. The smallest absolute Gasteiger partial charge is 0.223 e. The predicted octanol–water partition coefficient (Wildman–Crippen LogP) is -0.277. The maximum Gasteiger partial charge on any atom is 0.223 e. The molecular formula is C11H21N3O2. The third-order valence-corrected chi connectivity index (χ3v) is 2.75. The van der Waals surface area contributed by atoms with Gasteiger partial charge in [-0.3, -0.25) is 9.59 Å². The number of nitrogens with one attached hydrogen (secondary N) is 2. The lowest BCUT2D eigenvalue weighted by Crippen LogP contribution is -2.35. The fraction of sp³-hybridized carbons (Fsp3) is 0.818. The molecule has 0 radical (unpaired) electrons. The van der Waals surface area contributed by atoms with Crippen LogP contribution in [0.1, 0.15) is 25.7 Å². The molecule has 1 aliphatic heterocycles. The van der Waals surface area contributed by atoms with Crippen LogP contribution in [0, 0.1) is 0 Å². The third kappa shape index (κ3) is 4.61. The molecule has 2 amide bonds. The molecular weight excluding hydrogens is 206 g/mol. The lowest BCUT2D eigenvalue weighted by molar-refractivity contribution is -0.128. The zero-order chi connectivity index (χ0) is 12.0. The Morgan fingerprint density at radius 2 is 2.31 bits per heavy atom. The molecule has 1 fully saturated rings. The van der Waals surface area contributed by atoms with Crippen molar-refractivity contribution < 1.29 is 9.59 Å². The molecule has 0 aromatic heterocycles. The van der Waals surface area contributed by atoms with Gasteiger partial charge in [-0.25, -0.2) is 0 Å². The zero-order valence-electron chi connectivity index (χ0n) is 10.1. The van der Waals surface area contributed by atoms with E-state index < -0.39 is 0 Å². The van der Waals surface area contributed by atoms with Gasteiger partial charge in [-0.1, -0.05) is 0 Å². The first-order valence-corrected chi connectivity index (χ1v) is 5.80. The van der Waals surface area contributed by atoms with E-state index in [0.717, 1.165) is 19.4 Å². The molecule has 2 N–H and O–H groups in total. The van der Waals surface area contributed by atoms with E-state index in [4.69, 9.17) is 0 Å². The van der Waals surface area contributed by atoms with Crippen molar-refractivity contribution >= 4 is 11.8 Å². The molecule has 1 unspecified atom stereocenters. The second kappa shape index (κ2) is 6.48. The maximum atomic E-state index is 11.3. The quantitative estimate of drug-likeness (QED) is 0.694. The fourth-order valence-corrected chi connectivity index (χ4v) is 1.76. The van der Waals surface area contributed by atoms with Crippen molar-refractivity contribution in [3.63, 3.8) is 0 Å². The highest BCUT2D eigenvalue weighted by atomic mass is 16.2. The summed E-state index contributed by atoms with van der Waals surface area (Å²) in [4.78, 5) is 24.2. The molecule has 1 saturated heterocycles. The van der Waals surface area contributed by atoms with Gasteiger partial charge in [0, 0.05) is 46.1 Å². The molecule has 1 atom stereocenters. The minimum atomic E-state index is 0.105. The van der Waals surface area contributed by atoms with Crippen LogP contribution in [0.15, 0.2) is 0 Å². The minimum Gasteiger partial charge on any atom is -0.356 e. The number of hydrogen-bond acceptors (Lipinski definition) is 3. The minimum absolute atomic E-state index is 0.105. The van der Waals surface area contributed by atoms with Crippen molar-refractivity contribution in [2.24, 2.45) is 0 Å². The van der Waals surface area contributed by atoms with Gasteiger partial charge in [-0.15, -0.1) is 0 Å². The van der Waals surface area contributed by atoms with Gasteiger partial charge in [-0.05, 0) is 12.8 Å². The van der Waals surface area contributed by atoms with Crippen LogP contribution in [-0.4, -0.2) is 49.9 Å². The first-order valence-electron chi connectivity index (χ1n) is 5.80. The summed E-state index contributed by atoms with van der Waals surface area (Å²) in [5.74, 6) is 0.222. The van der Waals surface area contributed by atoms with E-state index in [9.17, 15) is 9.59 Å². The Balaban J connectivity index is 2.21. The van der Waals surface area contributed by atoms with Crippen LogP contribution in [0.25, 0.3) is 0 Å². The molecule has 0 bridgehead atoms. The largest absolute Gasteiger partial charge is 0.356 e. The number of carbonyl (C=O) groups excluding carboxylic acids is 2. The summed E-state index contributed by atoms with van der Waals surface area (Å²) < 4.78 is 0. The molecule has 1 aliphatic rings. The molecule has 5 nitrogen and oxygen atoms in total. The summed E-state index contributed by atoms with van der Waals surface area (Å²) in [7, 11) is 3.50. The van der Waals surface area contributed by atoms with Crippen LogP contribution < -0.4 is 10.6 Å². The number of rotatable bonds is 4. The summed E-state index contributed by atoms with van der Waals surface area (Å²) in [5, 5.41) is 6.11. The Labute approximate surface area is 96.6 Å². The van der Waals surface area contributed by atoms with Crippen molar-refractivity contribution in [3.05, 3.63) is 0 Å². The number of nitrogens with zero attached hydrogens (tertiary/aromatic N) is 1. The molecule has 92 valence electrons. The average molecular weight is 227 g/mol. The molecule has 16 heavy (non-hydrogen) atoms. The van der Waals surface area contributed by atoms with E-state index in [1.165, 1.54) is 0 Å². The molecule has 5 heteroatoms. The van der Waals surface area contributed by atoms with E-state index >= 15 is 0 Å². The van der Waals surface area contributed by atoms with Gasteiger partial charge in [0.25, 0.3) is 0 Å². The van der Waals surface area contributed by atoms with Crippen LogP contribution in [-0.2, 0) is 9.59 Å². The van der Waals surface area contributed by atoms with Crippen molar-refractivity contribution in [1.29, 1.82) is 0 Å². The third-order valence-electron chi connectivity index (χ3n) is 2.75. The lowest BCUT2D eigenvalue weighted by atomic mass is 10.1. The van der Waals surface area contributed by atoms with Crippen LogP contribution in [0.3, 0.4) is 0 Å². The Morgan fingerprint density at radius 1 is 1.56 bits per heavy atom. The van der Waals surface area contributed by atoms with Crippen LogP contribution >= 0.6 is 0 Å². The van der Waals surface area contributed by atoms with Gasteiger partial charge in [-0.2, -0.15) is 0 Å². The van der Waals surface area contributed by atoms with Crippen LogP contribution in [0.5, 0.6) is 0 Å². The van der Waals surface area contributed by atoms with E-state index in [1.54, 1.807) is 19.0 Å². The highest BCUT2D eigenvalue weighted by molar-refractivity contribution is 5.77. The van der Waals surface area contributed by atoms with E-state index in [1.807, 2.05) is 0 Å². The number of amides is 2. The second-order valence-electron chi connectivity index (χ2n) is 4.39. The molecule has 0 aromatic carbocycles. The van der Waals surface area contributed by atoms with E-state index in [2.05, 4.69) is 10.6 Å². The first kappa shape index (κ1) is 13.0. The van der Waals surface area contributed by atoms with Crippen LogP contribution in [0.2, 0.25) is 0 Å². The average Bonchev–Trinajstić information content (AvgIpc) is 2.42. The van der Waals surface area contributed by atoms with Gasteiger partial charge in [0.1, 0.15) is 0 Å². The molecule has 1 rings (SSSR count). The number of carbonyl (C=O) groups is 2. The lowest BCUT2D eigenvalue weighted by Gasteiger charge is -2.16. The summed E-state index contributed by atoms with van der Waals surface area (Å²) >= 11 is 0. The standard InChI is InChI=1S/C11H21N3O2/c1-14(2)11(16)5-7-12-9-4-3-6-13-10(15)8-9/h9,12H,3-8H2,1-2H3,(H,13,15). The van der Waals surface area contributed by atoms with Crippen molar-refractivity contribution in [2.45, 2.75) is 31.7 Å². The van der Waals surface area contributed by atoms with Crippen molar-refractivity contribution in [1.82, 2.24) is 15.5 Å². The van der Waals surface area contributed by atoms with E-state index in [-0.39, 0.29) is 17.9 Å². The Morgan fingerprint density at radius 3 is 3.00 bits per heavy atom. The van der Waals surface area contributed by atoms with Gasteiger partial charge < -0.3 is 15.5 Å². The topological polar surface area (TPSA) is 61.4 Å². The zero-order valence-corrected chi connectivity index (χ0v) is 10.1. The van der Waals surface area contributed by atoms with Crippen LogP contribution in [0.4, 0.5) is 0 Å². The van der Waals surface area contributed by atoms with Gasteiger partial charge >= 0.3 is 0 Å². The first-order chi connectivity index (χ1) is 7.59. The summed E-state index contributed by atoms with van der Waals surface area (Å²) in [6.45, 7) is 1.42. The summed E-state index contributed by atoms with van der Waals surface area (Å²) in [5.41, 5.74) is 0. The maximum absolute atomic E-state index is 11.3. The van der Waals surface area contributed by atoms with Crippen molar-refractivity contribution in [3.8, 4) is 0 Å². The Hall–Kier alpha value is -1.10. The molecule has 0 spiro atoms. The van der Waals surface area contributed by atoms with Gasteiger partial charge in [0.15, 0.2) is 0 Å². The van der Waals surface area contributed by atoms with Gasteiger partial charge in [0.2, 0.25) is 11.8 Å². The molecule has 1 heterocycles. The highest BCUT2D eigenvalue weighted by Crippen LogP contribution is 2.05. The number of hydrogen-bond donors (Lipinski definition) is 2. The monoisotopic (exact) mass is 227 g/mol. The van der Waals surface area contributed by atoms with E-state index in [0.29, 0.717) is 19.4 Å². The fourth-order valence-electron chi connectivity index (χ4n) is 1.76. The molecule has 0 saturated carbocycles. The predicted molar refractivity (Wildman–Crippen MR) is 62.0 cm³/mol. The SMILES string of the molecule is CN(C)C(=O)CCNC1CCCNC(=O)C1. The summed E-state index contributed by atoms with van der Waals surface area (Å²) in [6.07, 6.45) is 3.02. The second-order valence-corrected chi connectivity index (χ2v) is 4.39. The van der Waals surface area contributed by atoms with Crippen molar-refractivity contribution in [2.75, 3.05) is 27.2 Å². The highest BCUT2D eigenvalue weighted by Gasteiger charge is 2.16. The normalized spacial score (nSPS) is 21.1. The van der Waals surface area contributed by atoms with Gasteiger partial charge in [0.05, 0.1) is 0 Å². The Bertz CT molecular complexity index is 254.